The van der Waals surface area contributed by atoms with Crippen molar-refractivity contribution in [1.82, 2.24) is 9.78 Å². The average molecular weight is 340 g/mol. The van der Waals surface area contributed by atoms with Gasteiger partial charge < -0.3 is 4.90 Å². The first-order chi connectivity index (χ1) is 11.3. The number of benzene rings is 1. The van der Waals surface area contributed by atoms with Gasteiger partial charge in [-0.05, 0) is 31.0 Å². The Morgan fingerprint density at radius 2 is 1.92 bits per heavy atom. The Balaban J connectivity index is 1.74. The number of nitro benzene ring substituents is 1. The molecular formula is C15H15F3N4O2. The predicted octanol–water partition coefficient (Wildman–Crippen LogP) is 3.65. The number of hydrogen-bond donors (Lipinski definition) is 0. The van der Waals surface area contributed by atoms with Gasteiger partial charge in [-0.3, -0.25) is 14.8 Å². The Morgan fingerprint density at radius 3 is 2.50 bits per heavy atom. The fourth-order valence-corrected chi connectivity index (χ4v) is 2.88. The van der Waals surface area contributed by atoms with Crippen LogP contribution in [0, 0.1) is 10.1 Å². The molecule has 0 radical (unpaired) electrons. The van der Waals surface area contributed by atoms with E-state index < -0.39 is 16.8 Å². The molecule has 0 spiro atoms. The van der Waals surface area contributed by atoms with Crippen LogP contribution in [0.25, 0.3) is 0 Å². The summed E-state index contributed by atoms with van der Waals surface area (Å²) in [6.45, 7) is 1.26. The van der Waals surface area contributed by atoms with E-state index in [1.165, 1.54) is 23.0 Å². The van der Waals surface area contributed by atoms with Crippen LogP contribution >= 0.6 is 0 Å². The normalized spacial score (nSPS) is 18.6. The van der Waals surface area contributed by atoms with Crippen LogP contribution in [-0.4, -0.2) is 27.8 Å². The first-order valence-electron chi connectivity index (χ1n) is 7.46. The van der Waals surface area contributed by atoms with Crippen molar-refractivity contribution in [2.24, 2.45) is 0 Å². The van der Waals surface area contributed by atoms with E-state index in [-0.39, 0.29) is 11.7 Å². The Hall–Kier alpha value is -2.58. The molecule has 1 saturated heterocycles. The van der Waals surface area contributed by atoms with Crippen molar-refractivity contribution < 1.29 is 18.1 Å². The second kappa shape index (κ2) is 6.14. The summed E-state index contributed by atoms with van der Waals surface area (Å²) in [5, 5.41) is 14.3. The largest absolute Gasteiger partial charge is 0.435 e. The van der Waals surface area contributed by atoms with Crippen molar-refractivity contribution >= 4 is 11.4 Å². The predicted molar refractivity (Wildman–Crippen MR) is 80.8 cm³/mol. The number of rotatable bonds is 3. The molecule has 0 aliphatic carbocycles. The highest BCUT2D eigenvalue weighted by molar-refractivity contribution is 5.51. The minimum absolute atomic E-state index is 0.00852. The van der Waals surface area contributed by atoms with Crippen LogP contribution in [0.2, 0.25) is 0 Å². The molecule has 0 amide bonds. The second-order valence-electron chi connectivity index (χ2n) is 5.69. The van der Waals surface area contributed by atoms with E-state index in [0.717, 1.165) is 31.1 Å². The first-order valence-corrected chi connectivity index (χ1v) is 7.46. The highest BCUT2D eigenvalue weighted by Crippen LogP contribution is 2.30. The molecule has 0 bridgehead atoms. The van der Waals surface area contributed by atoms with Crippen molar-refractivity contribution in [2.75, 3.05) is 18.0 Å². The second-order valence-corrected chi connectivity index (χ2v) is 5.69. The van der Waals surface area contributed by atoms with Crippen molar-refractivity contribution in [2.45, 2.75) is 25.1 Å². The maximum absolute atomic E-state index is 12.7. The highest BCUT2D eigenvalue weighted by atomic mass is 19.4. The van der Waals surface area contributed by atoms with Crippen molar-refractivity contribution in [3.63, 3.8) is 0 Å². The number of hydrogen-bond acceptors (Lipinski definition) is 4. The molecule has 6 nitrogen and oxygen atoms in total. The summed E-state index contributed by atoms with van der Waals surface area (Å²) in [6.07, 6.45) is -1.55. The standard InChI is InChI=1S/C15H15F3N4O2/c16-15(17,18)14-7-9-21(19-14)13-2-1-8-20(10-13)11-3-5-12(6-4-11)22(23)24/h3-7,9,13H,1-2,8,10H2. The summed E-state index contributed by atoms with van der Waals surface area (Å²) >= 11 is 0. The lowest BCUT2D eigenvalue weighted by molar-refractivity contribution is -0.384. The van der Waals surface area contributed by atoms with E-state index in [0.29, 0.717) is 6.54 Å². The molecule has 2 heterocycles. The Morgan fingerprint density at radius 1 is 1.21 bits per heavy atom. The molecule has 1 aromatic heterocycles. The molecule has 1 aromatic carbocycles. The maximum atomic E-state index is 12.7. The fourth-order valence-electron chi connectivity index (χ4n) is 2.88. The van der Waals surface area contributed by atoms with Gasteiger partial charge in [-0.25, -0.2) is 0 Å². The monoisotopic (exact) mass is 340 g/mol. The van der Waals surface area contributed by atoms with Crippen molar-refractivity contribution in [1.29, 1.82) is 0 Å². The van der Waals surface area contributed by atoms with Gasteiger partial charge in [-0.2, -0.15) is 18.3 Å². The third-order valence-electron chi connectivity index (χ3n) is 4.10. The SMILES string of the molecule is O=[N+]([O-])c1ccc(N2CCCC(n3ccc(C(F)(F)F)n3)C2)cc1. The highest BCUT2D eigenvalue weighted by Gasteiger charge is 2.34. The van der Waals surface area contributed by atoms with Crippen LogP contribution in [0.1, 0.15) is 24.6 Å². The maximum Gasteiger partial charge on any atom is 0.435 e. The summed E-state index contributed by atoms with van der Waals surface area (Å²) in [4.78, 5) is 12.2. The van der Waals surface area contributed by atoms with E-state index >= 15 is 0 Å². The number of piperidine rings is 1. The Kier molecular flexibility index (Phi) is 4.16. The van der Waals surface area contributed by atoms with Crippen LogP contribution in [-0.2, 0) is 6.18 Å². The number of non-ortho nitro benzene ring substituents is 1. The van der Waals surface area contributed by atoms with Gasteiger partial charge in [-0.15, -0.1) is 0 Å². The molecule has 9 heteroatoms. The Bertz CT molecular complexity index is 727. The number of nitro groups is 1. The molecule has 0 saturated carbocycles. The van der Waals surface area contributed by atoms with Crippen molar-refractivity contribution in [3.8, 4) is 0 Å². The molecule has 1 aliphatic rings. The van der Waals surface area contributed by atoms with Crippen molar-refractivity contribution in [3.05, 3.63) is 52.3 Å². The number of nitrogens with zero attached hydrogens (tertiary/aromatic N) is 4. The lowest BCUT2D eigenvalue weighted by Crippen LogP contribution is -2.36. The van der Waals surface area contributed by atoms with Gasteiger partial charge in [0.15, 0.2) is 5.69 Å². The van der Waals surface area contributed by atoms with Gasteiger partial charge in [-0.1, -0.05) is 0 Å². The van der Waals surface area contributed by atoms with Crippen LogP contribution in [0.3, 0.4) is 0 Å². The average Bonchev–Trinajstić information content (AvgIpc) is 3.05. The van der Waals surface area contributed by atoms with Crippen LogP contribution in [0.5, 0.6) is 0 Å². The quantitative estimate of drug-likeness (QED) is 0.632. The molecule has 1 atom stereocenters. The first kappa shape index (κ1) is 16.3. The van der Waals surface area contributed by atoms with Gasteiger partial charge in [0.1, 0.15) is 0 Å². The molecule has 1 unspecified atom stereocenters. The van der Waals surface area contributed by atoms with Gasteiger partial charge >= 0.3 is 6.18 Å². The van der Waals surface area contributed by atoms with E-state index in [9.17, 15) is 23.3 Å². The summed E-state index contributed by atoms with van der Waals surface area (Å²) < 4.78 is 39.4. The van der Waals surface area contributed by atoms with Gasteiger partial charge in [0.05, 0.1) is 11.0 Å². The third kappa shape index (κ3) is 3.34. The minimum atomic E-state index is -4.45. The van der Waals surface area contributed by atoms with E-state index in [1.54, 1.807) is 12.1 Å². The van der Waals surface area contributed by atoms with Gasteiger partial charge in [0.25, 0.3) is 5.69 Å². The summed E-state index contributed by atoms with van der Waals surface area (Å²) in [7, 11) is 0. The number of halogens is 3. The number of alkyl halides is 3. The smallest absolute Gasteiger partial charge is 0.369 e. The molecule has 2 aromatic rings. The Labute approximate surface area is 135 Å². The summed E-state index contributed by atoms with van der Waals surface area (Å²) in [5.74, 6) is 0. The van der Waals surface area contributed by atoms with Gasteiger partial charge in [0.2, 0.25) is 0 Å². The lowest BCUT2D eigenvalue weighted by atomic mass is 10.1. The minimum Gasteiger partial charge on any atom is -0.369 e. The van der Waals surface area contributed by atoms with E-state index in [2.05, 4.69) is 5.10 Å². The summed E-state index contributed by atoms with van der Waals surface area (Å²) in [6, 6.07) is 6.98. The molecule has 128 valence electrons. The molecule has 1 fully saturated rings. The summed E-state index contributed by atoms with van der Waals surface area (Å²) in [5.41, 5.74) is -0.0716. The van der Waals surface area contributed by atoms with E-state index in [1.807, 2.05) is 4.90 Å². The number of anilines is 1. The lowest BCUT2D eigenvalue weighted by Gasteiger charge is -2.34. The van der Waals surface area contributed by atoms with E-state index in [4.69, 9.17) is 0 Å². The zero-order valence-corrected chi connectivity index (χ0v) is 12.6. The van der Waals surface area contributed by atoms with Crippen LogP contribution < -0.4 is 4.90 Å². The zero-order valence-electron chi connectivity index (χ0n) is 12.6. The third-order valence-corrected chi connectivity index (χ3v) is 4.10. The molecule has 1 aliphatic heterocycles. The zero-order chi connectivity index (χ0) is 17.3. The topological polar surface area (TPSA) is 64.2 Å². The van der Waals surface area contributed by atoms with Crippen LogP contribution in [0.15, 0.2) is 36.5 Å². The van der Waals surface area contributed by atoms with Crippen LogP contribution in [0.4, 0.5) is 24.5 Å². The molecule has 24 heavy (non-hydrogen) atoms. The fraction of sp³-hybridized carbons (Fsp3) is 0.400. The number of aromatic nitrogens is 2. The molecular weight excluding hydrogens is 325 g/mol. The van der Waals surface area contributed by atoms with Gasteiger partial charge in [0, 0.05) is 37.1 Å². The molecule has 0 N–H and O–H groups in total. The molecule has 3 rings (SSSR count).